The average molecular weight is 271 g/mol. The monoisotopic (exact) mass is 271 g/mol. The van der Waals surface area contributed by atoms with Gasteiger partial charge >= 0.3 is 5.97 Å². The number of nitrogens with zero attached hydrogens (tertiary/aromatic N) is 2. The minimum Gasteiger partial charge on any atom is -0.465 e. The number of carbonyl (C=O) groups excluding carboxylic acids is 1. The van der Waals surface area contributed by atoms with E-state index in [9.17, 15) is 4.79 Å². The van der Waals surface area contributed by atoms with Gasteiger partial charge in [0.2, 0.25) is 0 Å². The third-order valence-corrected chi connectivity index (χ3v) is 3.44. The molecule has 2 heterocycles. The molecule has 1 N–H and O–H groups in total. The highest BCUT2D eigenvalue weighted by Crippen LogP contribution is 2.34. The molecule has 1 aromatic carbocycles. The van der Waals surface area contributed by atoms with Crippen LogP contribution in [0.4, 0.5) is 5.69 Å². The number of imidazole rings is 1. The van der Waals surface area contributed by atoms with Crippen LogP contribution in [0.25, 0.3) is 11.3 Å². The first kappa shape index (κ1) is 12.7. The zero-order valence-corrected chi connectivity index (χ0v) is 11.4. The fourth-order valence-corrected chi connectivity index (χ4v) is 2.57. The van der Waals surface area contributed by atoms with E-state index in [4.69, 9.17) is 4.74 Å². The Labute approximate surface area is 117 Å². The van der Waals surface area contributed by atoms with E-state index in [1.54, 1.807) is 19.4 Å². The lowest BCUT2D eigenvalue weighted by Gasteiger charge is -2.11. The number of esters is 1. The second kappa shape index (κ2) is 5.36. The molecule has 5 heteroatoms. The zero-order chi connectivity index (χ0) is 13.9. The summed E-state index contributed by atoms with van der Waals surface area (Å²) < 4.78 is 6.82. The van der Waals surface area contributed by atoms with Crippen molar-refractivity contribution in [1.29, 1.82) is 0 Å². The number of fused-ring (bicyclic) bond motifs is 1. The Morgan fingerprint density at radius 2 is 2.40 bits per heavy atom. The van der Waals surface area contributed by atoms with Gasteiger partial charge in [-0.2, -0.15) is 0 Å². The number of anilines is 1. The van der Waals surface area contributed by atoms with Crippen molar-refractivity contribution < 1.29 is 9.53 Å². The fourth-order valence-electron chi connectivity index (χ4n) is 2.57. The van der Waals surface area contributed by atoms with E-state index in [0.717, 1.165) is 29.9 Å². The van der Waals surface area contributed by atoms with Gasteiger partial charge in [0, 0.05) is 17.8 Å². The van der Waals surface area contributed by atoms with Crippen molar-refractivity contribution in [3.05, 3.63) is 36.3 Å². The quantitative estimate of drug-likeness (QED) is 0.865. The molecule has 0 atom stereocenters. The smallest absolute Gasteiger partial charge is 0.325 e. The van der Waals surface area contributed by atoms with Crippen molar-refractivity contribution in [3.8, 4) is 11.3 Å². The van der Waals surface area contributed by atoms with Crippen LogP contribution in [0.3, 0.4) is 0 Å². The first-order valence-electron chi connectivity index (χ1n) is 6.81. The highest BCUT2D eigenvalue weighted by atomic mass is 16.5. The SMILES string of the molecule is CCOC(=O)Cn1cncc1-c1cccc2c1NCC2. The number of hydrogen-bond donors (Lipinski definition) is 1. The van der Waals surface area contributed by atoms with E-state index in [2.05, 4.69) is 22.4 Å². The normalized spacial score (nSPS) is 12.8. The maximum atomic E-state index is 11.6. The molecule has 3 rings (SSSR count). The Morgan fingerprint density at radius 3 is 3.25 bits per heavy atom. The molecule has 0 bridgehead atoms. The molecule has 2 aromatic rings. The van der Waals surface area contributed by atoms with Gasteiger partial charge in [-0.25, -0.2) is 4.98 Å². The molecule has 0 spiro atoms. The Kier molecular flexibility index (Phi) is 3.41. The summed E-state index contributed by atoms with van der Waals surface area (Å²) in [6.45, 7) is 3.34. The number of para-hydroxylation sites is 1. The molecule has 0 fully saturated rings. The van der Waals surface area contributed by atoms with Crippen molar-refractivity contribution in [3.63, 3.8) is 0 Å². The van der Waals surface area contributed by atoms with Crippen LogP contribution in [-0.2, 0) is 22.5 Å². The molecule has 5 nitrogen and oxygen atoms in total. The van der Waals surface area contributed by atoms with Crippen LogP contribution in [0, 0.1) is 0 Å². The topological polar surface area (TPSA) is 56.2 Å². The van der Waals surface area contributed by atoms with E-state index in [1.807, 2.05) is 10.6 Å². The molecule has 104 valence electrons. The van der Waals surface area contributed by atoms with Gasteiger partial charge < -0.3 is 14.6 Å². The molecule has 0 saturated heterocycles. The molecule has 0 unspecified atom stereocenters. The third kappa shape index (κ3) is 2.27. The number of rotatable bonds is 4. The lowest BCUT2D eigenvalue weighted by Crippen LogP contribution is -2.13. The van der Waals surface area contributed by atoms with E-state index < -0.39 is 0 Å². The van der Waals surface area contributed by atoms with Crippen LogP contribution in [0.1, 0.15) is 12.5 Å². The average Bonchev–Trinajstić information content (AvgIpc) is 3.06. The summed E-state index contributed by atoms with van der Waals surface area (Å²) in [5.74, 6) is -0.243. The maximum Gasteiger partial charge on any atom is 0.325 e. The maximum absolute atomic E-state index is 11.6. The third-order valence-electron chi connectivity index (χ3n) is 3.44. The van der Waals surface area contributed by atoms with Crippen LogP contribution in [0.2, 0.25) is 0 Å². The summed E-state index contributed by atoms with van der Waals surface area (Å²) in [5.41, 5.74) is 4.48. The molecular formula is C15H17N3O2. The van der Waals surface area contributed by atoms with Gasteiger partial charge in [-0.3, -0.25) is 4.79 Å². The second-order valence-corrected chi connectivity index (χ2v) is 4.73. The molecule has 1 aliphatic rings. The summed E-state index contributed by atoms with van der Waals surface area (Å²) in [4.78, 5) is 15.8. The predicted octanol–water partition coefficient (Wildman–Crippen LogP) is 2.08. The van der Waals surface area contributed by atoms with E-state index >= 15 is 0 Å². The number of benzene rings is 1. The zero-order valence-electron chi connectivity index (χ0n) is 11.4. The minimum absolute atomic E-state index is 0.187. The lowest BCUT2D eigenvalue weighted by atomic mass is 10.1. The molecule has 1 aromatic heterocycles. The van der Waals surface area contributed by atoms with Crippen molar-refractivity contribution in [1.82, 2.24) is 9.55 Å². The first-order chi connectivity index (χ1) is 9.79. The molecule has 20 heavy (non-hydrogen) atoms. The van der Waals surface area contributed by atoms with Gasteiger partial charge in [0.05, 0.1) is 24.8 Å². The number of nitrogens with one attached hydrogen (secondary N) is 1. The standard InChI is InChI=1S/C15H17N3O2/c1-2-20-14(19)9-18-10-16-8-13(18)12-5-3-4-11-6-7-17-15(11)12/h3-5,8,10,17H,2,6-7,9H2,1H3. The van der Waals surface area contributed by atoms with Gasteiger partial charge in [0.15, 0.2) is 0 Å². The highest BCUT2D eigenvalue weighted by molar-refractivity contribution is 5.80. The Balaban J connectivity index is 1.94. The predicted molar refractivity (Wildman–Crippen MR) is 76.5 cm³/mol. The molecule has 0 radical (unpaired) electrons. The van der Waals surface area contributed by atoms with Gasteiger partial charge in [0.1, 0.15) is 6.54 Å². The van der Waals surface area contributed by atoms with Crippen LogP contribution >= 0.6 is 0 Å². The summed E-state index contributed by atoms with van der Waals surface area (Å²) in [6.07, 6.45) is 4.49. The molecule has 0 aliphatic carbocycles. The number of aromatic nitrogens is 2. The molecule has 0 saturated carbocycles. The Bertz CT molecular complexity index is 634. The summed E-state index contributed by atoms with van der Waals surface area (Å²) in [6, 6.07) is 6.23. The van der Waals surface area contributed by atoms with E-state index in [1.165, 1.54) is 5.56 Å². The van der Waals surface area contributed by atoms with Crippen molar-refractivity contribution in [2.24, 2.45) is 0 Å². The van der Waals surface area contributed by atoms with E-state index in [-0.39, 0.29) is 12.5 Å². The van der Waals surface area contributed by atoms with E-state index in [0.29, 0.717) is 6.61 Å². The Morgan fingerprint density at radius 1 is 1.50 bits per heavy atom. The molecule has 0 amide bonds. The summed E-state index contributed by atoms with van der Waals surface area (Å²) >= 11 is 0. The molecule has 1 aliphatic heterocycles. The van der Waals surface area contributed by atoms with Crippen molar-refractivity contribution in [2.45, 2.75) is 19.9 Å². The van der Waals surface area contributed by atoms with Crippen molar-refractivity contribution in [2.75, 3.05) is 18.5 Å². The summed E-state index contributed by atoms with van der Waals surface area (Å²) in [5, 5.41) is 3.41. The second-order valence-electron chi connectivity index (χ2n) is 4.73. The minimum atomic E-state index is -0.243. The summed E-state index contributed by atoms with van der Waals surface area (Å²) in [7, 11) is 0. The van der Waals surface area contributed by atoms with Crippen LogP contribution in [-0.4, -0.2) is 28.7 Å². The van der Waals surface area contributed by atoms with Gasteiger partial charge in [-0.05, 0) is 18.9 Å². The fraction of sp³-hybridized carbons (Fsp3) is 0.333. The van der Waals surface area contributed by atoms with Crippen LogP contribution in [0.5, 0.6) is 0 Å². The number of hydrogen-bond acceptors (Lipinski definition) is 4. The highest BCUT2D eigenvalue weighted by Gasteiger charge is 2.18. The lowest BCUT2D eigenvalue weighted by molar-refractivity contribution is -0.143. The van der Waals surface area contributed by atoms with Crippen molar-refractivity contribution >= 4 is 11.7 Å². The first-order valence-corrected chi connectivity index (χ1v) is 6.81. The van der Waals surface area contributed by atoms with Gasteiger partial charge in [-0.1, -0.05) is 18.2 Å². The Hall–Kier alpha value is -2.30. The number of ether oxygens (including phenoxy) is 1. The number of carbonyl (C=O) groups is 1. The van der Waals surface area contributed by atoms with Crippen LogP contribution < -0.4 is 5.32 Å². The van der Waals surface area contributed by atoms with Crippen LogP contribution in [0.15, 0.2) is 30.7 Å². The molecular weight excluding hydrogens is 254 g/mol. The van der Waals surface area contributed by atoms with Gasteiger partial charge in [-0.15, -0.1) is 0 Å². The largest absolute Gasteiger partial charge is 0.465 e. The van der Waals surface area contributed by atoms with Gasteiger partial charge in [0.25, 0.3) is 0 Å².